The first kappa shape index (κ1) is 28.2. The number of rotatable bonds is 6. The van der Waals surface area contributed by atoms with Crippen LogP contribution in [0.3, 0.4) is 0 Å². The predicted molar refractivity (Wildman–Crippen MR) is 181 cm³/mol. The Balaban J connectivity index is 1.08. The molecule has 2 saturated heterocycles. The predicted octanol–water partition coefficient (Wildman–Crippen LogP) is 5.29. The summed E-state index contributed by atoms with van der Waals surface area (Å²) >= 11 is 0. The average molecular weight is 622 g/mol. The van der Waals surface area contributed by atoms with Crippen molar-refractivity contribution in [1.82, 2.24) is 29.2 Å². The van der Waals surface area contributed by atoms with Gasteiger partial charge in [0, 0.05) is 36.1 Å². The third kappa shape index (κ3) is 4.93. The summed E-state index contributed by atoms with van der Waals surface area (Å²) in [5.74, 6) is 0.790. The molecule has 10 nitrogen and oxygen atoms in total. The molecule has 2 spiro atoms. The zero-order chi connectivity index (χ0) is 32.6. The maximum absolute atomic E-state index is 13.5. The van der Waals surface area contributed by atoms with Crippen LogP contribution in [0, 0.1) is 17.8 Å². The molecule has 2 aliphatic heterocycles. The monoisotopic (exact) mass is 621 g/mol. The lowest BCUT2D eigenvalue weighted by Gasteiger charge is -2.47. The third-order valence-electron chi connectivity index (χ3n) is 11.3. The molecule has 0 unspecified atom stereocenters. The van der Waals surface area contributed by atoms with E-state index in [4.69, 9.17) is 11.3 Å². The normalized spacial score (nSPS) is 23.8. The van der Waals surface area contributed by atoms with Gasteiger partial charge in [0.2, 0.25) is 5.95 Å². The molecular weight excluding hydrogens is 576 g/mol. The smallest absolute Gasteiger partial charge is 0.278 e. The summed E-state index contributed by atoms with van der Waals surface area (Å²) in [6, 6.07) is 10.1. The quantitative estimate of drug-likeness (QED) is 0.280. The molecule has 4 aromatic rings. The van der Waals surface area contributed by atoms with Crippen LogP contribution in [0.2, 0.25) is 0 Å². The van der Waals surface area contributed by atoms with Gasteiger partial charge in [0.15, 0.2) is 11.5 Å². The van der Waals surface area contributed by atoms with Crippen molar-refractivity contribution in [2.75, 3.05) is 43.4 Å². The van der Waals surface area contributed by atoms with E-state index in [2.05, 4.69) is 58.9 Å². The van der Waals surface area contributed by atoms with Crippen molar-refractivity contribution in [2.24, 2.45) is 10.8 Å². The van der Waals surface area contributed by atoms with E-state index in [1.807, 2.05) is 12.1 Å². The second-order valence-electron chi connectivity index (χ2n) is 14.1. The van der Waals surface area contributed by atoms with Crippen LogP contribution in [-0.4, -0.2) is 67.5 Å². The van der Waals surface area contributed by atoms with Crippen molar-refractivity contribution < 1.29 is 6.48 Å². The topological polar surface area (TPSA) is 104 Å². The Morgan fingerprint density at radius 3 is 2.54 bits per heavy atom. The molecule has 3 fully saturated rings. The van der Waals surface area contributed by atoms with Gasteiger partial charge in [0.25, 0.3) is 5.56 Å². The first-order valence-corrected chi connectivity index (χ1v) is 16.8. The highest BCUT2D eigenvalue weighted by atomic mass is 16.3. The summed E-state index contributed by atoms with van der Waals surface area (Å²) in [6.45, 7) is 10.8. The third-order valence-corrected chi connectivity index (χ3v) is 11.3. The minimum Gasteiger partial charge on any atom is -0.386 e. The van der Waals surface area contributed by atoms with Crippen LogP contribution < -0.4 is 15.8 Å². The standard InChI is InChI=1S/C36H44N8O2/c1-4-17-43-33(46)27-23-37-34(40-32(27)44(43)29-8-5-25-9-10-36(11-12-36)31(45)30(25)39-29)38-26-6-7-28(24(2)22-26)42-20-15-35(16-21-42)13-18-41(3)19-14-35/h4-8,22-23,31,45H,1,9-21H2,2-3H3,(H,37,38,40)/t31-/m0/s1/i31D. The number of anilines is 3. The summed E-state index contributed by atoms with van der Waals surface area (Å²) in [5.41, 5.74) is 4.80. The van der Waals surface area contributed by atoms with E-state index < -0.39 is 11.5 Å². The van der Waals surface area contributed by atoms with Gasteiger partial charge in [0.1, 0.15) is 11.5 Å². The van der Waals surface area contributed by atoms with Gasteiger partial charge in [-0.1, -0.05) is 12.1 Å². The molecule has 2 aliphatic carbocycles. The van der Waals surface area contributed by atoms with E-state index >= 15 is 0 Å². The number of aliphatic hydroxyl groups is 1. The van der Waals surface area contributed by atoms with Crippen LogP contribution >= 0.6 is 0 Å². The molecule has 0 amide bonds. The van der Waals surface area contributed by atoms with E-state index in [-0.39, 0.29) is 12.1 Å². The Morgan fingerprint density at radius 1 is 1.07 bits per heavy atom. The van der Waals surface area contributed by atoms with E-state index in [0.29, 0.717) is 33.9 Å². The fourth-order valence-corrected chi connectivity index (χ4v) is 8.02. The lowest BCUT2D eigenvalue weighted by Crippen LogP contribution is -2.46. The highest BCUT2D eigenvalue weighted by molar-refractivity contribution is 5.77. The van der Waals surface area contributed by atoms with Crippen molar-refractivity contribution in [2.45, 2.75) is 70.9 Å². The van der Waals surface area contributed by atoms with Crippen molar-refractivity contribution in [1.29, 1.82) is 0 Å². The number of benzene rings is 1. The van der Waals surface area contributed by atoms with Gasteiger partial charge >= 0.3 is 0 Å². The second-order valence-corrected chi connectivity index (χ2v) is 14.1. The number of aryl methyl sites for hydroxylation is 2. The number of pyridine rings is 1. The SMILES string of the molecule is [2H][C@]1(O)c2nc(-n3c4nc(Nc5ccc(N6CCC7(CCN(C)CC7)CC6)c(C)c5)ncc4c(=O)n3CC=C)ccc2CCC12CC2. The fraction of sp³-hybridized carbons (Fsp3) is 0.500. The minimum atomic E-state index is -1.77. The van der Waals surface area contributed by atoms with E-state index in [1.54, 1.807) is 17.0 Å². The molecule has 0 bridgehead atoms. The number of nitrogens with zero attached hydrogens (tertiary/aromatic N) is 7. The number of likely N-dealkylation sites (tertiary alicyclic amines) is 1. The summed E-state index contributed by atoms with van der Waals surface area (Å²) in [5, 5.41) is 15.1. The molecular formula is C36H44N8O2. The van der Waals surface area contributed by atoms with E-state index in [1.165, 1.54) is 54.7 Å². The van der Waals surface area contributed by atoms with Crippen LogP contribution in [-0.2, 0) is 13.0 Å². The summed E-state index contributed by atoms with van der Waals surface area (Å²) in [4.78, 5) is 32.7. The van der Waals surface area contributed by atoms with Crippen LogP contribution in [0.1, 0.15) is 69.2 Å². The molecule has 2 N–H and O–H groups in total. The van der Waals surface area contributed by atoms with E-state index in [9.17, 15) is 9.90 Å². The minimum absolute atomic E-state index is 0.237. The molecule has 240 valence electrons. The van der Waals surface area contributed by atoms with Crippen LogP contribution in [0.15, 0.2) is 54.0 Å². The molecule has 1 atom stereocenters. The Bertz CT molecular complexity index is 1930. The number of fused-ring (bicyclic) bond motifs is 2. The second kappa shape index (κ2) is 11.1. The molecule has 1 saturated carbocycles. The average Bonchev–Trinajstić information content (AvgIpc) is 3.82. The Morgan fingerprint density at radius 2 is 1.83 bits per heavy atom. The number of allylic oxidation sites excluding steroid dienone is 1. The molecule has 46 heavy (non-hydrogen) atoms. The molecule has 10 heteroatoms. The van der Waals surface area contributed by atoms with Gasteiger partial charge in [0.05, 0.1) is 13.6 Å². The van der Waals surface area contributed by atoms with Gasteiger partial charge < -0.3 is 20.2 Å². The molecule has 3 aromatic heterocycles. The van der Waals surface area contributed by atoms with E-state index in [0.717, 1.165) is 50.0 Å². The van der Waals surface area contributed by atoms with Crippen LogP contribution in [0.5, 0.6) is 0 Å². The summed E-state index contributed by atoms with van der Waals surface area (Å²) in [7, 11) is 2.23. The molecule has 0 radical (unpaired) electrons. The zero-order valence-electron chi connectivity index (χ0n) is 27.9. The summed E-state index contributed by atoms with van der Waals surface area (Å²) < 4.78 is 12.1. The zero-order valence-corrected chi connectivity index (χ0v) is 26.9. The van der Waals surface area contributed by atoms with Gasteiger partial charge in [-0.3, -0.25) is 4.79 Å². The molecule has 1 aromatic carbocycles. The van der Waals surface area contributed by atoms with Crippen molar-refractivity contribution in [3.05, 3.63) is 76.4 Å². The Labute approximate surface area is 271 Å². The van der Waals surface area contributed by atoms with Crippen molar-refractivity contribution >= 4 is 28.4 Å². The van der Waals surface area contributed by atoms with Gasteiger partial charge in [-0.15, -0.1) is 6.58 Å². The van der Waals surface area contributed by atoms with Crippen LogP contribution in [0.4, 0.5) is 17.3 Å². The van der Waals surface area contributed by atoms with Gasteiger partial charge in [-0.25, -0.2) is 19.3 Å². The molecule has 4 aliphatic rings. The highest BCUT2D eigenvalue weighted by Crippen LogP contribution is 2.60. The number of aromatic nitrogens is 5. The maximum Gasteiger partial charge on any atom is 0.278 e. The first-order valence-electron chi connectivity index (χ1n) is 17.3. The van der Waals surface area contributed by atoms with Crippen LogP contribution in [0.25, 0.3) is 16.9 Å². The lowest BCUT2D eigenvalue weighted by atomic mass is 9.71. The Hall–Kier alpha value is -4.02. The van der Waals surface area contributed by atoms with Gasteiger partial charge in [-0.05, 0) is 119 Å². The Kier molecular flexibility index (Phi) is 6.78. The molecule has 5 heterocycles. The largest absolute Gasteiger partial charge is 0.386 e. The number of piperidine rings is 2. The number of nitrogens with one attached hydrogen (secondary N) is 1. The first-order chi connectivity index (χ1) is 22.6. The number of hydrogen-bond acceptors (Lipinski definition) is 8. The lowest BCUT2D eigenvalue weighted by molar-refractivity contribution is 0.0734. The highest BCUT2D eigenvalue weighted by Gasteiger charge is 2.52. The number of hydrogen-bond donors (Lipinski definition) is 2. The van der Waals surface area contributed by atoms with Crippen molar-refractivity contribution in [3.63, 3.8) is 0 Å². The molecule has 8 rings (SSSR count). The van der Waals surface area contributed by atoms with Gasteiger partial charge in [-0.2, -0.15) is 4.98 Å². The maximum atomic E-state index is 13.5. The van der Waals surface area contributed by atoms with Crippen molar-refractivity contribution in [3.8, 4) is 5.82 Å². The fourth-order valence-electron chi connectivity index (χ4n) is 8.02. The summed E-state index contributed by atoms with van der Waals surface area (Å²) in [6.07, 6.45) is 9.78.